The fourth-order valence-corrected chi connectivity index (χ4v) is 6.60. The molecule has 1 amide bonds. The number of amides is 1. The molecule has 1 atom stereocenters. The van der Waals surface area contributed by atoms with Gasteiger partial charge in [0.25, 0.3) is 5.91 Å². The van der Waals surface area contributed by atoms with Gasteiger partial charge >= 0.3 is 6.01 Å². The van der Waals surface area contributed by atoms with E-state index in [1.165, 1.54) is 11.0 Å². The summed E-state index contributed by atoms with van der Waals surface area (Å²) >= 11 is 6.47. The summed E-state index contributed by atoms with van der Waals surface area (Å²) in [7, 11) is 0. The number of ether oxygens (including phenoxy) is 1. The molecule has 0 bridgehead atoms. The summed E-state index contributed by atoms with van der Waals surface area (Å²) in [4.78, 5) is 33.3. The molecule has 2 aromatic carbocycles. The van der Waals surface area contributed by atoms with Gasteiger partial charge in [-0.15, -0.1) is 0 Å². The first-order chi connectivity index (χ1) is 21.8. The van der Waals surface area contributed by atoms with Gasteiger partial charge in [-0.05, 0) is 23.9 Å². The van der Waals surface area contributed by atoms with Crippen molar-refractivity contribution in [1.82, 2.24) is 19.8 Å². The molecule has 1 aromatic heterocycles. The number of benzene rings is 2. The second kappa shape index (κ2) is 12.8. The van der Waals surface area contributed by atoms with E-state index in [1.54, 1.807) is 6.07 Å². The average molecular weight is 633 g/mol. The predicted octanol–water partition coefficient (Wildman–Crippen LogP) is 4.38. The lowest BCUT2D eigenvalue weighted by molar-refractivity contribution is -0.131. The molecule has 13 heteroatoms. The summed E-state index contributed by atoms with van der Waals surface area (Å²) in [6, 6.07) is 10.6. The Morgan fingerprint density at radius 3 is 2.76 bits per heavy atom. The maximum atomic E-state index is 14.5. The zero-order valence-electron chi connectivity index (χ0n) is 24.6. The minimum absolute atomic E-state index is 0.0128. The number of hydrogen-bond donors (Lipinski definition) is 0. The maximum Gasteiger partial charge on any atom is 0.319 e. The lowest BCUT2D eigenvalue weighted by Gasteiger charge is -2.41. The highest BCUT2D eigenvalue weighted by atomic mass is 35.5. The van der Waals surface area contributed by atoms with Crippen LogP contribution in [0.15, 0.2) is 42.7 Å². The standard InChI is InChI=1S/C32H31ClF2N8O2/c1-20(34)31(44)43-14-13-42(16-22(43)15-37-2)30-24-9-12-41(27-6-3-5-21-7-8-25(35)29(33)28(21)27)19-26(24)38-32(39-30)45-23-17-40(18-23)11-4-10-36/h3,5-8,22-23H,1,4,9,11-19H2/t22-/m0/s1. The van der Waals surface area contributed by atoms with Crippen molar-refractivity contribution >= 4 is 39.8 Å². The molecular formula is C32H31ClF2N8O2. The van der Waals surface area contributed by atoms with Crippen molar-refractivity contribution in [2.45, 2.75) is 31.5 Å². The van der Waals surface area contributed by atoms with Crippen LogP contribution in [0.5, 0.6) is 6.01 Å². The summed E-state index contributed by atoms with van der Waals surface area (Å²) in [5.74, 6) is -1.67. The van der Waals surface area contributed by atoms with Gasteiger partial charge in [0.1, 0.15) is 23.8 Å². The Bertz CT molecular complexity index is 1730. The van der Waals surface area contributed by atoms with Crippen LogP contribution in [0, 0.1) is 23.7 Å². The Morgan fingerprint density at radius 1 is 1.18 bits per heavy atom. The van der Waals surface area contributed by atoms with Crippen LogP contribution in [-0.2, 0) is 17.8 Å². The Kier molecular flexibility index (Phi) is 8.70. The number of halogens is 3. The third kappa shape index (κ3) is 6.08. The van der Waals surface area contributed by atoms with Crippen LogP contribution in [-0.4, -0.2) is 90.2 Å². The van der Waals surface area contributed by atoms with E-state index in [0.29, 0.717) is 63.3 Å². The molecule has 3 aliphatic heterocycles. The highest BCUT2D eigenvalue weighted by molar-refractivity contribution is 6.36. The van der Waals surface area contributed by atoms with Crippen molar-refractivity contribution in [3.8, 4) is 12.1 Å². The molecule has 6 rings (SSSR count). The van der Waals surface area contributed by atoms with Gasteiger partial charge in [0.15, 0.2) is 5.83 Å². The molecule has 0 unspecified atom stereocenters. The largest absolute Gasteiger partial charge is 0.457 e. The number of nitriles is 1. The van der Waals surface area contributed by atoms with E-state index in [1.807, 2.05) is 23.1 Å². The number of nitrogens with zero attached hydrogens (tertiary/aromatic N) is 8. The van der Waals surface area contributed by atoms with Crippen molar-refractivity contribution in [3.63, 3.8) is 0 Å². The molecule has 10 nitrogen and oxygen atoms in total. The molecule has 0 radical (unpaired) electrons. The highest BCUT2D eigenvalue weighted by Gasteiger charge is 2.37. The third-order valence-corrected chi connectivity index (χ3v) is 8.96. The minimum Gasteiger partial charge on any atom is -0.457 e. The second-order valence-corrected chi connectivity index (χ2v) is 11.8. The van der Waals surface area contributed by atoms with Gasteiger partial charge in [0, 0.05) is 68.9 Å². The molecule has 3 aromatic rings. The average Bonchev–Trinajstić information content (AvgIpc) is 3.02. The lowest BCUT2D eigenvalue weighted by atomic mass is 10.0. The first-order valence-corrected chi connectivity index (χ1v) is 15.2. The quantitative estimate of drug-likeness (QED) is 0.267. The van der Waals surface area contributed by atoms with Gasteiger partial charge in [-0.25, -0.2) is 15.4 Å². The molecule has 3 aliphatic rings. The van der Waals surface area contributed by atoms with E-state index in [-0.39, 0.29) is 36.8 Å². The summed E-state index contributed by atoms with van der Waals surface area (Å²) in [6.45, 7) is 14.5. The van der Waals surface area contributed by atoms with E-state index in [2.05, 4.69) is 27.3 Å². The lowest BCUT2D eigenvalue weighted by Crippen LogP contribution is -2.57. The number of carbonyl (C=O) groups is 1. The Hall–Kier alpha value is -4.52. The fraction of sp³-hybridized carbons (Fsp3) is 0.406. The topological polar surface area (TPSA) is 93.2 Å². The normalized spacial score (nSPS) is 18.6. The molecule has 45 heavy (non-hydrogen) atoms. The summed E-state index contributed by atoms with van der Waals surface area (Å²) in [6.07, 6.45) is 0.891. The van der Waals surface area contributed by atoms with E-state index < -0.39 is 23.6 Å². The predicted molar refractivity (Wildman–Crippen MR) is 166 cm³/mol. The second-order valence-electron chi connectivity index (χ2n) is 11.4. The van der Waals surface area contributed by atoms with Gasteiger partial charge in [0.05, 0.1) is 23.3 Å². The Balaban J connectivity index is 1.33. The van der Waals surface area contributed by atoms with Gasteiger partial charge in [-0.3, -0.25) is 9.69 Å². The van der Waals surface area contributed by atoms with Gasteiger partial charge in [-0.2, -0.15) is 15.2 Å². The smallest absolute Gasteiger partial charge is 0.319 e. The number of likely N-dealkylation sites (tertiary alicyclic amines) is 1. The van der Waals surface area contributed by atoms with Crippen LogP contribution in [0.3, 0.4) is 0 Å². The van der Waals surface area contributed by atoms with Crippen LogP contribution in [0.1, 0.15) is 17.7 Å². The summed E-state index contributed by atoms with van der Waals surface area (Å²) in [5, 5.41) is 10.4. The Labute approximate surface area is 264 Å². The maximum absolute atomic E-state index is 14.5. The highest BCUT2D eigenvalue weighted by Crippen LogP contribution is 2.38. The fourth-order valence-electron chi connectivity index (χ4n) is 6.33. The molecule has 2 saturated heterocycles. The van der Waals surface area contributed by atoms with E-state index >= 15 is 0 Å². The van der Waals surface area contributed by atoms with Crippen LogP contribution in [0.25, 0.3) is 15.6 Å². The van der Waals surface area contributed by atoms with Crippen molar-refractivity contribution in [2.24, 2.45) is 0 Å². The summed E-state index contributed by atoms with van der Waals surface area (Å²) in [5.41, 5.74) is 2.48. The van der Waals surface area contributed by atoms with Crippen LogP contribution >= 0.6 is 11.6 Å². The van der Waals surface area contributed by atoms with Crippen LogP contribution in [0.4, 0.5) is 20.3 Å². The molecule has 2 fully saturated rings. The molecule has 232 valence electrons. The van der Waals surface area contributed by atoms with Crippen molar-refractivity contribution in [1.29, 1.82) is 5.26 Å². The summed E-state index contributed by atoms with van der Waals surface area (Å²) < 4.78 is 34.6. The molecular weight excluding hydrogens is 602 g/mol. The first kappa shape index (κ1) is 30.5. The van der Waals surface area contributed by atoms with Crippen molar-refractivity contribution in [2.75, 3.05) is 62.2 Å². The minimum atomic E-state index is -1.05. The Morgan fingerprint density at radius 2 is 2.00 bits per heavy atom. The molecule has 0 spiro atoms. The number of rotatable bonds is 8. The number of fused-ring (bicyclic) bond motifs is 2. The van der Waals surface area contributed by atoms with E-state index in [0.717, 1.165) is 22.3 Å². The number of aromatic nitrogens is 2. The van der Waals surface area contributed by atoms with E-state index in [9.17, 15) is 13.6 Å². The van der Waals surface area contributed by atoms with Gasteiger partial charge in [-0.1, -0.05) is 36.4 Å². The van der Waals surface area contributed by atoms with E-state index in [4.69, 9.17) is 38.1 Å². The molecule has 0 N–H and O–H groups in total. The first-order valence-electron chi connectivity index (χ1n) is 14.8. The van der Waals surface area contributed by atoms with Crippen LogP contribution in [0.2, 0.25) is 5.02 Å². The number of anilines is 2. The molecule has 0 aliphatic carbocycles. The van der Waals surface area contributed by atoms with Crippen molar-refractivity contribution in [3.05, 3.63) is 76.3 Å². The molecule has 0 saturated carbocycles. The zero-order chi connectivity index (χ0) is 31.7. The SMILES string of the molecule is [C-]#[N+]C[C@H]1CN(c2nc(OC3CN(CCC#N)C3)nc3c2CCN(c2cccc4ccc(F)c(Cl)c24)C3)CCN1C(=O)C(=C)F. The van der Waals surface area contributed by atoms with Gasteiger partial charge in [0.2, 0.25) is 6.54 Å². The number of piperazine rings is 1. The molecule has 4 heterocycles. The monoisotopic (exact) mass is 632 g/mol. The number of hydrogen-bond acceptors (Lipinski definition) is 8. The third-order valence-electron chi connectivity index (χ3n) is 8.59. The van der Waals surface area contributed by atoms with Crippen LogP contribution < -0.4 is 14.5 Å². The van der Waals surface area contributed by atoms with Crippen molar-refractivity contribution < 1.29 is 18.3 Å². The van der Waals surface area contributed by atoms with Gasteiger partial charge < -0.3 is 24.3 Å². The number of carbonyl (C=O) groups excluding carboxylic acids is 1. The zero-order valence-corrected chi connectivity index (χ0v) is 25.3.